The molecular formula is C28H29ClN2O5. The average Bonchev–Trinajstić information content (AvgIpc) is 2.82. The summed E-state index contributed by atoms with van der Waals surface area (Å²) >= 11 is 6.42. The largest absolute Gasteiger partial charge is 0.490 e. The zero-order valence-electron chi connectivity index (χ0n) is 20.7. The smallest absolute Gasteiger partial charge is 0.313 e. The number of hydrogen-bond acceptors (Lipinski definition) is 5. The molecule has 0 fully saturated rings. The Bertz CT molecular complexity index is 1310. The number of nitrogens with zero attached hydrogens (tertiary/aromatic N) is 1. The lowest BCUT2D eigenvalue weighted by Gasteiger charge is -2.33. The summed E-state index contributed by atoms with van der Waals surface area (Å²) in [6, 6.07) is 18.0. The standard InChI is InChI=1S/C28H29ClN2O5/c1-17-11-18(28(2,3)27(33)34)13-19(12-17)30-26(32)22-10-9-20(14-23(22)29)35-16-21-15-31(4)24-7-5-6-8-25(24)36-21/h5-14,21H,15-16H2,1-4H3,(H,30,32)(H,33,34)/t21-/m0/s1. The number of carboxylic acids is 1. The van der Waals surface area contributed by atoms with Gasteiger partial charge in [0.25, 0.3) is 5.91 Å². The first-order chi connectivity index (χ1) is 17.0. The molecule has 7 nitrogen and oxygen atoms in total. The lowest BCUT2D eigenvalue weighted by molar-refractivity contribution is -0.142. The van der Waals surface area contributed by atoms with Crippen molar-refractivity contribution in [2.75, 3.05) is 30.4 Å². The van der Waals surface area contributed by atoms with Crippen LogP contribution in [0.25, 0.3) is 0 Å². The third-order valence-corrected chi connectivity index (χ3v) is 6.57. The highest BCUT2D eigenvalue weighted by Crippen LogP contribution is 2.32. The number of carbonyl (C=O) groups is 2. The Hall–Kier alpha value is -3.71. The van der Waals surface area contributed by atoms with Gasteiger partial charge in [-0.05, 0) is 74.4 Å². The van der Waals surface area contributed by atoms with Gasteiger partial charge in [-0.25, -0.2) is 0 Å². The molecule has 3 aromatic rings. The quantitative estimate of drug-likeness (QED) is 0.435. The van der Waals surface area contributed by atoms with E-state index in [1.54, 1.807) is 50.2 Å². The molecule has 0 saturated heterocycles. The van der Waals surface area contributed by atoms with Crippen molar-refractivity contribution in [3.05, 3.63) is 82.4 Å². The molecule has 1 aliphatic rings. The number of para-hydroxylation sites is 2. The van der Waals surface area contributed by atoms with Crippen LogP contribution in [0.1, 0.15) is 35.3 Å². The monoisotopic (exact) mass is 508 g/mol. The minimum absolute atomic E-state index is 0.155. The number of amides is 1. The summed E-state index contributed by atoms with van der Waals surface area (Å²) in [7, 11) is 2.01. The normalized spacial score (nSPS) is 15.0. The fourth-order valence-electron chi connectivity index (χ4n) is 4.08. The highest BCUT2D eigenvalue weighted by molar-refractivity contribution is 6.34. The summed E-state index contributed by atoms with van der Waals surface area (Å²) in [6.45, 7) is 6.11. The molecule has 0 bridgehead atoms. The van der Waals surface area contributed by atoms with Gasteiger partial charge in [0.2, 0.25) is 0 Å². The molecule has 188 valence electrons. The van der Waals surface area contributed by atoms with E-state index >= 15 is 0 Å². The first-order valence-electron chi connectivity index (χ1n) is 11.6. The van der Waals surface area contributed by atoms with Crippen LogP contribution in [-0.2, 0) is 10.2 Å². The Labute approximate surface area is 215 Å². The van der Waals surface area contributed by atoms with E-state index in [2.05, 4.69) is 10.2 Å². The second kappa shape index (κ2) is 10.1. The fourth-order valence-corrected chi connectivity index (χ4v) is 4.33. The van der Waals surface area contributed by atoms with Gasteiger partial charge >= 0.3 is 5.97 Å². The lowest BCUT2D eigenvalue weighted by Crippen LogP contribution is -2.41. The number of halogens is 1. The molecule has 1 atom stereocenters. The van der Waals surface area contributed by atoms with Crippen LogP contribution in [-0.4, -0.2) is 43.3 Å². The molecule has 0 spiro atoms. The maximum absolute atomic E-state index is 12.9. The molecule has 2 N–H and O–H groups in total. The number of anilines is 2. The number of hydrogen-bond donors (Lipinski definition) is 2. The van der Waals surface area contributed by atoms with E-state index in [4.69, 9.17) is 21.1 Å². The van der Waals surface area contributed by atoms with Crippen molar-refractivity contribution in [3.63, 3.8) is 0 Å². The van der Waals surface area contributed by atoms with Crippen LogP contribution in [0.15, 0.2) is 60.7 Å². The van der Waals surface area contributed by atoms with Gasteiger partial charge in [0.15, 0.2) is 0 Å². The second-order valence-corrected chi connectivity index (χ2v) is 9.92. The number of aliphatic carboxylic acids is 1. The van der Waals surface area contributed by atoms with Gasteiger partial charge in [0.05, 0.1) is 28.2 Å². The van der Waals surface area contributed by atoms with E-state index in [0.29, 0.717) is 30.2 Å². The van der Waals surface area contributed by atoms with Crippen molar-refractivity contribution in [3.8, 4) is 11.5 Å². The van der Waals surface area contributed by atoms with Gasteiger partial charge in [0, 0.05) is 12.7 Å². The van der Waals surface area contributed by atoms with E-state index in [0.717, 1.165) is 17.0 Å². The number of carbonyl (C=O) groups excluding carboxylic acids is 1. The van der Waals surface area contributed by atoms with Crippen molar-refractivity contribution < 1.29 is 24.2 Å². The highest BCUT2D eigenvalue weighted by Gasteiger charge is 2.30. The van der Waals surface area contributed by atoms with Crippen LogP contribution >= 0.6 is 11.6 Å². The van der Waals surface area contributed by atoms with Gasteiger partial charge in [0.1, 0.15) is 24.2 Å². The number of likely N-dealkylation sites (N-methyl/N-ethyl adjacent to an activating group) is 1. The van der Waals surface area contributed by atoms with Crippen LogP contribution in [0.5, 0.6) is 11.5 Å². The average molecular weight is 509 g/mol. The zero-order valence-corrected chi connectivity index (χ0v) is 21.4. The van der Waals surface area contributed by atoms with Gasteiger partial charge in [-0.1, -0.05) is 29.8 Å². The summed E-state index contributed by atoms with van der Waals surface area (Å²) in [5, 5.41) is 12.6. The Kier molecular flexibility index (Phi) is 7.13. The number of ether oxygens (including phenoxy) is 2. The first kappa shape index (κ1) is 25.4. The summed E-state index contributed by atoms with van der Waals surface area (Å²) < 4.78 is 12.0. The maximum Gasteiger partial charge on any atom is 0.313 e. The highest BCUT2D eigenvalue weighted by atomic mass is 35.5. The number of aryl methyl sites for hydroxylation is 1. The Morgan fingerprint density at radius 2 is 1.92 bits per heavy atom. The Balaban J connectivity index is 1.42. The van der Waals surface area contributed by atoms with Crippen LogP contribution in [0.4, 0.5) is 11.4 Å². The van der Waals surface area contributed by atoms with Crippen molar-refractivity contribution in [2.45, 2.75) is 32.3 Å². The molecule has 1 amide bonds. The van der Waals surface area contributed by atoms with E-state index in [1.165, 1.54) is 0 Å². The predicted molar refractivity (Wildman–Crippen MR) is 141 cm³/mol. The molecular weight excluding hydrogens is 480 g/mol. The first-order valence-corrected chi connectivity index (χ1v) is 12.0. The molecule has 0 aliphatic carbocycles. The SMILES string of the molecule is Cc1cc(NC(=O)c2ccc(OC[C@@H]3CN(C)c4ccccc4O3)cc2Cl)cc(C(C)(C)C(=O)O)c1. The number of fused-ring (bicyclic) bond motifs is 1. The van der Waals surface area contributed by atoms with Crippen LogP contribution in [0.3, 0.4) is 0 Å². The summed E-state index contributed by atoms with van der Waals surface area (Å²) in [6.07, 6.45) is -0.155. The van der Waals surface area contributed by atoms with Crippen LogP contribution in [0.2, 0.25) is 5.02 Å². The molecule has 0 radical (unpaired) electrons. The Morgan fingerprint density at radius 3 is 2.64 bits per heavy atom. The minimum Gasteiger partial charge on any atom is -0.490 e. The summed E-state index contributed by atoms with van der Waals surface area (Å²) in [5.74, 6) is 0.00206. The predicted octanol–water partition coefficient (Wildman–Crippen LogP) is 5.54. The fraction of sp³-hybridized carbons (Fsp3) is 0.286. The third-order valence-electron chi connectivity index (χ3n) is 6.26. The van der Waals surface area contributed by atoms with Crippen molar-refractivity contribution in [1.29, 1.82) is 0 Å². The van der Waals surface area contributed by atoms with Gasteiger partial charge in [-0.3, -0.25) is 9.59 Å². The molecule has 8 heteroatoms. The van der Waals surface area contributed by atoms with E-state index < -0.39 is 17.3 Å². The zero-order chi connectivity index (χ0) is 26.0. The van der Waals surface area contributed by atoms with Crippen LogP contribution in [0, 0.1) is 6.92 Å². The van der Waals surface area contributed by atoms with Crippen molar-refractivity contribution in [1.82, 2.24) is 0 Å². The second-order valence-electron chi connectivity index (χ2n) is 9.51. The van der Waals surface area contributed by atoms with Crippen molar-refractivity contribution in [2.24, 2.45) is 0 Å². The Morgan fingerprint density at radius 1 is 1.17 bits per heavy atom. The summed E-state index contributed by atoms with van der Waals surface area (Å²) in [5.41, 5.74) is 2.16. The third kappa shape index (κ3) is 5.41. The van der Waals surface area contributed by atoms with Gasteiger partial charge < -0.3 is 24.8 Å². The molecule has 1 heterocycles. The molecule has 0 unspecified atom stereocenters. The molecule has 0 saturated carbocycles. The molecule has 1 aliphatic heterocycles. The lowest BCUT2D eigenvalue weighted by atomic mass is 9.84. The van der Waals surface area contributed by atoms with Gasteiger partial charge in [-0.2, -0.15) is 0 Å². The maximum atomic E-state index is 12.9. The van der Waals surface area contributed by atoms with Gasteiger partial charge in [-0.15, -0.1) is 0 Å². The van der Waals surface area contributed by atoms with E-state index in [1.807, 2.05) is 38.2 Å². The molecule has 36 heavy (non-hydrogen) atoms. The van der Waals surface area contributed by atoms with Crippen molar-refractivity contribution >= 4 is 34.9 Å². The molecule has 4 rings (SSSR count). The van der Waals surface area contributed by atoms with E-state index in [-0.39, 0.29) is 16.7 Å². The van der Waals surface area contributed by atoms with Crippen LogP contribution < -0.4 is 19.7 Å². The topological polar surface area (TPSA) is 88.1 Å². The number of carboxylic acid groups (broad SMARTS) is 1. The number of rotatable bonds is 7. The molecule has 3 aromatic carbocycles. The minimum atomic E-state index is -1.10. The molecule has 0 aromatic heterocycles. The summed E-state index contributed by atoms with van der Waals surface area (Å²) in [4.78, 5) is 26.7. The number of benzene rings is 3. The van der Waals surface area contributed by atoms with E-state index in [9.17, 15) is 14.7 Å². The number of nitrogens with one attached hydrogen (secondary N) is 1.